The molecule has 1 heterocycles. The molecule has 0 aliphatic carbocycles. The van der Waals surface area contributed by atoms with Crippen molar-refractivity contribution in [3.05, 3.63) is 29.8 Å². The van der Waals surface area contributed by atoms with Crippen LogP contribution >= 0.6 is 11.3 Å². The van der Waals surface area contributed by atoms with E-state index < -0.39 is 0 Å². The third-order valence-corrected chi connectivity index (χ3v) is 3.40. The van der Waals surface area contributed by atoms with Gasteiger partial charge in [0, 0.05) is 17.1 Å². The first-order chi connectivity index (χ1) is 7.27. The number of methoxy groups -OCH3 is 1. The van der Waals surface area contributed by atoms with Crippen LogP contribution in [0.3, 0.4) is 0 Å². The topological polar surface area (TPSA) is 38.3 Å². The van der Waals surface area contributed by atoms with Gasteiger partial charge in [0.1, 0.15) is 10.6 Å². The molecular formula is C11H11NO2S. The smallest absolute Gasteiger partial charge is 0.341 e. The van der Waals surface area contributed by atoms with Crippen molar-refractivity contribution in [2.75, 3.05) is 19.5 Å². The third-order valence-electron chi connectivity index (χ3n) is 2.21. The van der Waals surface area contributed by atoms with E-state index >= 15 is 0 Å². The maximum absolute atomic E-state index is 11.6. The Labute approximate surface area is 91.7 Å². The first-order valence-corrected chi connectivity index (χ1v) is 5.37. The van der Waals surface area contributed by atoms with Gasteiger partial charge in [-0.05, 0) is 6.07 Å². The zero-order valence-corrected chi connectivity index (χ0v) is 9.35. The van der Waals surface area contributed by atoms with Gasteiger partial charge < -0.3 is 10.1 Å². The molecule has 78 valence electrons. The molecule has 0 fully saturated rings. The molecule has 3 nitrogen and oxygen atoms in total. The van der Waals surface area contributed by atoms with E-state index in [4.69, 9.17) is 4.74 Å². The zero-order chi connectivity index (χ0) is 10.8. The molecule has 0 atom stereocenters. The highest BCUT2D eigenvalue weighted by atomic mass is 32.1. The van der Waals surface area contributed by atoms with E-state index in [0.717, 1.165) is 15.1 Å². The van der Waals surface area contributed by atoms with Crippen LogP contribution in [0.5, 0.6) is 0 Å². The van der Waals surface area contributed by atoms with Crippen molar-refractivity contribution in [3.63, 3.8) is 0 Å². The summed E-state index contributed by atoms with van der Waals surface area (Å²) in [5.41, 5.74) is 0.626. The van der Waals surface area contributed by atoms with Gasteiger partial charge in [-0.2, -0.15) is 0 Å². The maximum atomic E-state index is 11.6. The number of fused-ring (bicyclic) bond motifs is 1. The Hall–Kier alpha value is -1.55. The van der Waals surface area contributed by atoms with Gasteiger partial charge in [-0.1, -0.05) is 18.2 Å². The number of anilines is 1. The summed E-state index contributed by atoms with van der Waals surface area (Å²) in [7, 11) is 3.20. The molecule has 0 aliphatic rings. The fourth-order valence-electron chi connectivity index (χ4n) is 1.53. The van der Waals surface area contributed by atoms with Crippen molar-refractivity contribution < 1.29 is 9.53 Å². The van der Waals surface area contributed by atoms with Crippen LogP contribution in [0.2, 0.25) is 0 Å². The predicted octanol–water partition coefficient (Wildman–Crippen LogP) is 2.73. The van der Waals surface area contributed by atoms with Crippen molar-refractivity contribution >= 4 is 32.4 Å². The summed E-state index contributed by atoms with van der Waals surface area (Å²) in [5, 5.41) is 4.81. The molecule has 0 amide bonds. The minimum Gasteiger partial charge on any atom is -0.465 e. The lowest BCUT2D eigenvalue weighted by Crippen LogP contribution is -2.03. The van der Waals surface area contributed by atoms with Crippen LogP contribution in [-0.4, -0.2) is 20.1 Å². The molecule has 2 rings (SSSR count). The molecule has 0 bridgehead atoms. The number of nitrogens with one attached hydrogen (secondary N) is 1. The molecule has 2 aromatic rings. The molecule has 0 aliphatic heterocycles. The van der Waals surface area contributed by atoms with Crippen LogP contribution in [0.25, 0.3) is 10.1 Å². The average Bonchev–Trinajstić information content (AvgIpc) is 2.66. The summed E-state index contributed by atoms with van der Waals surface area (Å²) in [6.45, 7) is 0. The lowest BCUT2D eigenvalue weighted by molar-refractivity contribution is 0.0604. The van der Waals surface area contributed by atoms with Crippen molar-refractivity contribution in [1.29, 1.82) is 0 Å². The van der Waals surface area contributed by atoms with E-state index in [-0.39, 0.29) is 5.97 Å². The largest absolute Gasteiger partial charge is 0.465 e. The number of carbonyl (C=O) groups excluding carboxylic acids is 1. The van der Waals surface area contributed by atoms with Crippen molar-refractivity contribution in [2.45, 2.75) is 0 Å². The molecule has 1 N–H and O–H groups in total. The summed E-state index contributed by atoms with van der Waals surface area (Å²) in [6, 6.07) is 7.80. The van der Waals surface area contributed by atoms with Crippen LogP contribution < -0.4 is 5.32 Å². The molecule has 4 heteroatoms. The standard InChI is InChI=1S/C11H11NO2S/c1-12-10-9(11(13)14-2)7-5-3-4-6-8(7)15-10/h3-6,12H,1-2H3. The third kappa shape index (κ3) is 1.57. The average molecular weight is 221 g/mol. The van der Waals surface area contributed by atoms with E-state index in [0.29, 0.717) is 5.56 Å². The molecule has 0 unspecified atom stereocenters. The first-order valence-electron chi connectivity index (χ1n) is 4.55. The summed E-state index contributed by atoms with van der Waals surface area (Å²) in [5.74, 6) is -0.295. The maximum Gasteiger partial charge on any atom is 0.341 e. The molecule has 1 aromatic carbocycles. The normalized spacial score (nSPS) is 10.3. The Morgan fingerprint density at radius 2 is 2.13 bits per heavy atom. The zero-order valence-electron chi connectivity index (χ0n) is 8.53. The second-order valence-corrected chi connectivity index (χ2v) is 4.10. The molecular weight excluding hydrogens is 210 g/mol. The molecule has 0 saturated carbocycles. The van der Waals surface area contributed by atoms with Crippen molar-refractivity contribution in [2.24, 2.45) is 0 Å². The van der Waals surface area contributed by atoms with Crippen LogP contribution in [0.4, 0.5) is 5.00 Å². The van der Waals surface area contributed by atoms with Gasteiger partial charge in [-0.3, -0.25) is 0 Å². The van der Waals surface area contributed by atoms with Gasteiger partial charge in [0.25, 0.3) is 0 Å². The van der Waals surface area contributed by atoms with Gasteiger partial charge in [0.2, 0.25) is 0 Å². The highest BCUT2D eigenvalue weighted by Crippen LogP contribution is 2.35. The van der Waals surface area contributed by atoms with Crippen LogP contribution in [0, 0.1) is 0 Å². The Bertz CT molecular complexity index is 504. The Morgan fingerprint density at radius 1 is 1.40 bits per heavy atom. The number of esters is 1. The first kappa shape index (κ1) is 9.98. The van der Waals surface area contributed by atoms with Crippen molar-refractivity contribution in [3.8, 4) is 0 Å². The predicted molar refractivity (Wildman–Crippen MR) is 62.7 cm³/mol. The van der Waals surface area contributed by atoms with E-state index in [1.54, 1.807) is 18.4 Å². The Balaban J connectivity index is 2.72. The fraction of sp³-hybridized carbons (Fsp3) is 0.182. The molecule has 15 heavy (non-hydrogen) atoms. The number of thiophene rings is 1. The highest BCUT2D eigenvalue weighted by Gasteiger charge is 2.18. The fourth-order valence-corrected chi connectivity index (χ4v) is 2.57. The molecule has 0 spiro atoms. The van der Waals surface area contributed by atoms with Crippen LogP contribution in [0.15, 0.2) is 24.3 Å². The second-order valence-electron chi connectivity index (χ2n) is 3.04. The number of hydrogen-bond donors (Lipinski definition) is 1. The quantitative estimate of drug-likeness (QED) is 0.792. The minimum absolute atomic E-state index is 0.295. The Kier molecular flexibility index (Phi) is 2.60. The lowest BCUT2D eigenvalue weighted by Gasteiger charge is -2.00. The molecule has 0 radical (unpaired) electrons. The number of rotatable bonds is 2. The van der Waals surface area contributed by atoms with Gasteiger partial charge in [-0.15, -0.1) is 11.3 Å². The van der Waals surface area contributed by atoms with E-state index in [2.05, 4.69) is 5.32 Å². The number of ether oxygens (including phenoxy) is 1. The lowest BCUT2D eigenvalue weighted by atomic mass is 10.1. The van der Waals surface area contributed by atoms with E-state index in [1.165, 1.54) is 7.11 Å². The highest BCUT2D eigenvalue weighted by molar-refractivity contribution is 7.23. The molecule has 1 aromatic heterocycles. The summed E-state index contributed by atoms with van der Waals surface area (Å²) >= 11 is 1.56. The summed E-state index contributed by atoms with van der Waals surface area (Å²) in [6.07, 6.45) is 0. The summed E-state index contributed by atoms with van der Waals surface area (Å²) < 4.78 is 5.86. The van der Waals surface area contributed by atoms with Crippen molar-refractivity contribution in [1.82, 2.24) is 0 Å². The second kappa shape index (κ2) is 3.90. The van der Waals surface area contributed by atoms with Gasteiger partial charge in [0.05, 0.1) is 7.11 Å². The van der Waals surface area contributed by atoms with Gasteiger partial charge >= 0.3 is 5.97 Å². The number of carbonyl (C=O) groups is 1. The van der Waals surface area contributed by atoms with Crippen LogP contribution in [-0.2, 0) is 4.74 Å². The monoisotopic (exact) mass is 221 g/mol. The SMILES string of the molecule is CNc1sc2ccccc2c1C(=O)OC. The minimum atomic E-state index is -0.295. The molecule has 0 saturated heterocycles. The Morgan fingerprint density at radius 3 is 2.80 bits per heavy atom. The summed E-state index contributed by atoms with van der Waals surface area (Å²) in [4.78, 5) is 11.6. The van der Waals surface area contributed by atoms with Gasteiger partial charge in [-0.25, -0.2) is 4.79 Å². The van der Waals surface area contributed by atoms with E-state index in [1.807, 2.05) is 24.3 Å². The number of benzene rings is 1. The van der Waals surface area contributed by atoms with Crippen LogP contribution in [0.1, 0.15) is 10.4 Å². The van der Waals surface area contributed by atoms with E-state index in [9.17, 15) is 4.79 Å². The number of hydrogen-bond acceptors (Lipinski definition) is 4. The van der Waals surface area contributed by atoms with Gasteiger partial charge in [0.15, 0.2) is 0 Å².